The lowest BCUT2D eigenvalue weighted by Gasteiger charge is -2.22. The van der Waals surface area contributed by atoms with Crippen molar-refractivity contribution in [2.24, 2.45) is 0 Å². The van der Waals surface area contributed by atoms with Crippen LogP contribution in [0.3, 0.4) is 0 Å². The van der Waals surface area contributed by atoms with E-state index in [0.717, 1.165) is 5.43 Å². The Balaban J connectivity index is 4.44. The average Bonchev–Trinajstić information content (AvgIpc) is 2.28. The zero-order chi connectivity index (χ0) is 16.8. The molecule has 11 heteroatoms. The van der Waals surface area contributed by atoms with Gasteiger partial charge in [0.05, 0.1) is 6.61 Å². The van der Waals surface area contributed by atoms with Gasteiger partial charge in [-0.3, -0.25) is 20.4 Å². The zero-order valence-electron chi connectivity index (χ0n) is 11.5. The van der Waals surface area contributed by atoms with Crippen molar-refractivity contribution in [1.29, 1.82) is 0 Å². The third kappa shape index (κ3) is 7.97. The third-order valence-electron chi connectivity index (χ3n) is 1.75. The largest absolute Gasteiger partial charge is 0.472 e. The first-order chi connectivity index (χ1) is 9.36. The van der Waals surface area contributed by atoms with Crippen molar-refractivity contribution < 1.29 is 37.4 Å². The van der Waals surface area contributed by atoms with Gasteiger partial charge in [-0.05, 0) is 20.8 Å². The van der Waals surface area contributed by atoms with E-state index in [1.54, 1.807) is 20.8 Å². The van der Waals surface area contributed by atoms with Crippen molar-refractivity contribution in [1.82, 2.24) is 16.2 Å². The van der Waals surface area contributed by atoms with Gasteiger partial charge in [-0.2, -0.15) is 13.2 Å². The smallest absolute Gasteiger partial charge is 0.444 e. The van der Waals surface area contributed by atoms with E-state index >= 15 is 0 Å². The molecule has 0 aliphatic heterocycles. The van der Waals surface area contributed by atoms with Crippen LogP contribution >= 0.6 is 0 Å². The number of hydrazine groups is 1. The molecule has 0 aliphatic carbocycles. The first kappa shape index (κ1) is 19.0. The second-order valence-corrected chi connectivity index (χ2v) is 4.82. The second-order valence-electron chi connectivity index (χ2n) is 4.82. The highest BCUT2D eigenvalue weighted by atomic mass is 19.4. The van der Waals surface area contributed by atoms with E-state index in [-0.39, 0.29) is 0 Å². The van der Waals surface area contributed by atoms with Crippen LogP contribution < -0.4 is 16.2 Å². The van der Waals surface area contributed by atoms with E-state index in [2.05, 4.69) is 0 Å². The van der Waals surface area contributed by atoms with E-state index in [1.165, 1.54) is 5.43 Å². The fourth-order valence-electron chi connectivity index (χ4n) is 0.920. The Morgan fingerprint density at radius 2 is 1.67 bits per heavy atom. The molecule has 21 heavy (non-hydrogen) atoms. The van der Waals surface area contributed by atoms with Gasteiger partial charge < -0.3 is 15.2 Å². The minimum Gasteiger partial charge on any atom is -0.444 e. The molecule has 1 atom stereocenters. The number of carbonyl (C=O) groups excluding carboxylic acids is 3. The number of hydrogen-bond acceptors (Lipinski definition) is 5. The van der Waals surface area contributed by atoms with Crippen LogP contribution in [0.5, 0.6) is 0 Å². The molecule has 0 bridgehead atoms. The summed E-state index contributed by atoms with van der Waals surface area (Å²) in [7, 11) is 0. The van der Waals surface area contributed by atoms with Crippen LogP contribution in [0, 0.1) is 0 Å². The van der Waals surface area contributed by atoms with Gasteiger partial charge in [0, 0.05) is 0 Å². The quantitative estimate of drug-likeness (QED) is 0.528. The van der Waals surface area contributed by atoms with Crippen molar-refractivity contribution in [2.45, 2.75) is 38.6 Å². The number of halogens is 3. The number of aliphatic hydroxyl groups excluding tert-OH is 1. The number of amides is 3. The standard InChI is InChI=1S/C10H16F3N3O5/c1-9(2,3)21-8(20)14-5(4-17)6(18)15-16-7(19)10(11,12)13/h5,17H,4H2,1-3H3,(H,14,20)(H,15,18)(H,16,19)/t5-/m0/s1. The maximum absolute atomic E-state index is 11.9. The summed E-state index contributed by atoms with van der Waals surface area (Å²) in [5.74, 6) is -3.65. The molecule has 3 amide bonds. The Kier molecular flexibility index (Phi) is 6.42. The van der Waals surface area contributed by atoms with Gasteiger partial charge in [0.25, 0.3) is 5.91 Å². The van der Waals surface area contributed by atoms with Crippen molar-refractivity contribution in [3.63, 3.8) is 0 Å². The van der Waals surface area contributed by atoms with Crippen molar-refractivity contribution in [2.75, 3.05) is 6.61 Å². The predicted molar refractivity (Wildman–Crippen MR) is 62.6 cm³/mol. The number of nitrogens with one attached hydrogen (secondary N) is 3. The summed E-state index contributed by atoms with van der Waals surface area (Å²) in [6.07, 6.45) is -6.24. The van der Waals surface area contributed by atoms with Gasteiger partial charge in [0.1, 0.15) is 11.6 Å². The average molecular weight is 315 g/mol. The molecule has 122 valence electrons. The summed E-state index contributed by atoms with van der Waals surface area (Å²) >= 11 is 0. The SMILES string of the molecule is CC(C)(C)OC(=O)N[C@@H](CO)C(=O)NNC(=O)C(F)(F)F. The number of carbonyl (C=O) groups is 3. The van der Waals surface area contributed by atoms with Gasteiger partial charge in [-0.15, -0.1) is 0 Å². The van der Waals surface area contributed by atoms with Crippen LogP contribution in [-0.4, -0.2) is 47.4 Å². The molecule has 0 unspecified atom stereocenters. The summed E-state index contributed by atoms with van der Waals surface area (Å²) in [4.78, 5) is 33.2. The van der Waals surface area contributed by atoms with Crippen LogP contribution in [-0.2, 0) is 14.3 Å². The summed E-state index contributed by atoms with van der Waals surface area (Å²) < 4.78 is 40.4. The number of aliphatic hydroxyl groups is 1. The molecule has 0 rings (SSSR count). The van der Waals surface area contributed by atoms with Gasteiger partial charge in [0.15, 0.2) is 0 Å². The van der Waals surface area contributed by atoms with E-state index in [0.29, 0.717) is 0 Å². The Bertz CT molecular complexity index is 406. The Hall–Kier alpha value is -2.04. The minimum absolute atomic E-state index is 0.870. The lowest BCUT2D eigenvalue weighted by atomic mass is 10.2. The molecule has 0 heterocycles. The molecule has 8 nitrogen and oxygen atoms in total. The second kappa shape index (κ2) is 7.11. The number of hydrogen-bond donors (Lipinski definition) is 4. The summed E-state index contributed by atoms with van der Waals surface area (Å²) in [6, 6.07) is -1.59. The van der Waals surface area contributed by atoms with Gasteiger partial charge in [-0.1, -0.05) is 0 Å². The van der Waals surface area contributed by atoms with Crippen LogP contribution in [0.2, 0.25) is 0 Å². The number of rotatable bonds is 3. The molecule has 0 saturated heterocycles. The lowest BCUT2D eigenvalue weighted by Crippen LogP contribution is -2.56. The van der Waals surface area contributed by atoms with E-state index in [9.17, 15) is 27.6 Å². The molecule has 0 aliphatic rings. The van der Waals surface area contributed by atoms with Gasteiger partial charge >= 0.3 is 18.2 Å². The first-order valence-corrected chi connectivity index (χ1v) is 5.64. The molecule has 0 aromatic rings. The van der Waals surface area contributed by atoms with E-state index in [1.807, 2.05) is 5.32 Å². The fraction of sp³-hybridized carbons (Fsp3) is 0.700. The first-order valence-electron chi connectivity index (χ1n) is 5.64. The van der Waals surface area contributed by atoms with Crippen LogP contribution in [0.25, 0.3) is 0 Å². The van der Waals surface area contributed by atoms with Gasteiger partial charge in [-0.25, -0.2) is 4.79 Å². The third-order valence-corrected chi connectivity index (χ3v) is 1.75. The molecular formula is C10H16F3N3O5. The van der Waals surface area contributed by atoms with Crippen LogP contribution in [0.4, 0.5) is 18.0 Å². The van der Waals surface area contributed by atoms with E-state index < -0.39 is 42.3 Å². The topological polar surface area (TPSA) is 117 Å². The van der Waals surface area contributed by atoms with E-state index in [4.69, 9.17) is 9.84 Å². The van der Waals surface area contributed by atoms with Crippen LogP contribution in [0.15, 0.2) is 0 Å². The van der Waals surface area contributed by atoms with Crippen molar-refractivity contribution in [3.8, 4) is 0 Å². The van der Waals surface area contributed by atoms with Crippen LogP contribution in [0.1, 0.15) is 20.8 Å². The Labute approximate surface area is 118 Å². The molecule has 4 N–H and O–H groups in total. The predicted octanol–water partition coefficient (Wildman–Crippen LogP) is -0.418. The molecular weight excluding hydrogens is 299 g/mol. The van der Waals surface area contributed by atoms with Crippen molar-refractivity contribution >= 4 is 17.9 Å². The molecule has 0 saturated carbocycles. The molecule has 0 spiro atoms. The molecule has 0 radical (unpaired) electrons. The zero-order valence-corrected chi connectivity index (χ0v) is 11.5. The normalized spacial score (nSPS) is 13.1. The minimum atomic E-state index is -5.18. The number of alkyl halides is 3. The monoisotopic (exact) mass is 315 g/mol. The molecule has 0 aromatic heterocycles. The lowest BCUT2D eigenvalue weighted by molar-refractivity contribution is -0.175. The number of alkyl carbamates (subject to hydrolysis) is 1. The summed E-state index contributed by atoms with van der Waals surface area (Å²) in [5, 5.41) is 10.8. The summed E-state index contributed by atoms with van der Waals surface area (Å²) in [5.41, 5.74) is 1.64. The highest BCUT2D eigenvalue weighted by Crippen LogP contribution is 2.13. The summed E-state index contributed by atoms with van der Waals surface area (Å²) in [6.45, 7) is 3.73. The fourth-order valence-corrected chi connectivity index (χ4v) is 0.920. The maximum Gasteiger partial charge on any atom is 0.472 e. The molecule has 0 fully saturated rings. The maximum atomic E-state index is 11.9. The highest BCUT2D eigenvalue weighted by molar-refractivity contribution is 5.89. The Morgan fingerprint density at radius 1 is 1.14 bits per heavy atom. The van der Waals surface area contributed by atoms with Gasteiger partial charge in [0.2, 0.25) is 0 Å². The Morgan fingerprint density at radius 3 is 2.05 bits per heavy atom. The van der Waals surface area contributed by atoms with Crippen molar-refractivity contribution in [3.05, 3.63) is 0 Å². The molecule has 0 aromatic carbocycles. The number of ether oxygens (including phenoxy) is 1. The highest BCUT2D eigenvalue weighted by Gasteiger charge is 2.39.